The van der Waals surface area contributed by atoms with Gasteiger partial charge in [0.15, 0.2) is 0 Å². The van der Waals surface area contributed by atoms with Gasteiger partial charge in [-0.25, -0.2) is 5.11 Å². The Balaban J connectivity index is 3.38. The third-order valence-electron chi connectivity index (χ3n) is 5.20. The molecule has 0 bridgehead atoms. The molecule has 0 spiro atoms. The van der Waals surface area contributed by atoms with E-state index in [9.17, 15) is 5.11 Å². The minimum Gasteiger partial charge on any atom is -0.375 e. The highest BCUT2D eigenvalue weighted by atomic mass is 16.5. The van der Waals surface area contributed by atoms with Crippen molar-refractivity contribution in [2.45, 2.75) is 142 Å². The molecule has 0 aliphatic heterocycles. The van der Waals surface area contributed by atoms with E-state index in [0.717, 1.165) is 25.9 Å². The largest absolute Gasteiger partial charge is 0.375 e. The zero-order valence-corrected chi connectivity index (χ0v) is 17.7. The molecular weight excluding hydrogens is 308 g/mol. The van der Waals surface area contributed by atoms with Gasteiger partial charge in [-0.3, -0.25) is 0 Å². The van der Waals surface area contributed by atoms with Crippen LogP contribution in [0.5, 0.6) is 0 Å². The summed E-state index contributed by atoms with van der Waals surface area (Å²) in [6, 6.07) is 0. The molecule has 0 rings (SSSR count). The molecule has 151 valence electrons. The van der Waals surface area contributed by atoms with Gasteiger partial charge < -0.3 is 4.74 Å². The molecule has 0 aromatic rings. The predicted molar refractivity (Wildman–Crippen MR) is 110 cm³/mol. The van der Waals surface area contributed by atoms with Crippen LogP contribution in [0.1, 0.15) is 130 Å². The molecule has 0 aliphatic carbocycles. The lowest BCUT2D eigenvalue weighted by Gasteiger charge is -2.19. The molecule has 0 aliphatic rings. The van der Waals surface area contributed by atoms with Gasteiger partial charge in [0, 0.05) is 6.61 Å². The zero-order chi connectivity index (χ0) is 18.6. The molecule has 1 radical (unpaired) electrons. The highest BCUT2D eigenvalue weighted by molar-refractivity contribution is 4.65. The summed E-state index contributed by atoms with van der Waals surface area (Å²) in [7, 11) is 0. The fraction of sp³-hybridized carbons (Fsp3) is 1.00. The van der Waals surface area contributed by atoms with Crippen LogP contribution in [-0.2, 0) is 9.84 Å². The van der Waals surface area contributed by atoms with Gasteiger partial charge in [0.05, 0.1) is 6.10 Å². The average Bonchev–Trinajstić information content (AvgIpc) is 2.60. The standard InChI is InChI=1S/C23H47O2/c1-4-6-8-10-11-12-13-14-15-17-19-21-25-23(22(3)24)20-18-16-9-7-5-2/h22-23H,4-21H2,1-3H3. The first kappa shape index (κ1) is 24.9. The van der Waals surface area contributed by atoms with Crippen LogP contribution in [-0.4, -0.2) is 18.8 Å². The number of rotatable bonds is 20. The molecule has 0 fully saturated rings. The van der Waals surface area contributed by atoms with Gasteiger partial charge >= 0.3 is 0 Å². The van der Waals surface area contributed by atoms with Crippen molar-refractivity contribution >= 4 is 0 Å². The normalized spacial score (nSPS) is 13.9. The van der Waals surface area contributed by atoms with Crippen LogP contribution in [0.3, 0.4) is 0 Å². The van der Waals surface area contributed by atoms with E-state index in [1.165, 1.54) is 89.9 Å². The summed E-state index contributed by atoms with van der Waals surface area (Å²) in [5.41, 5.74) is 0. The Bertz CT molecular complexity index is 240. The van der Waals surface area contributed by atoms with E-state index in [2.05, 4.69) is 13.8 Å². The van der Waals surface area contributed by atoms with Crippen LogP contribution >= 0.6 is 0 Å². The van der Waals surface area contributed by atoms with Crippen LogP contribution in [0.4, 0.5) is 0 Å². The summed E-state index contributed by atoms with van der Waals surface area (Å²) in [5.74, 6) is 0. The first-order valence-electron chi connectivity index (χ1n) is 11.5. The molecular formula is C23H47O2. The van der Waals surface area contributed by atoms with Crippen LogP contribution in [0.2, 0.25) is 0 Å². The Kier molecular flexibility index (Phi) is 20.2. The van der Waals surface area contributed by atoms with E-state index < -0.39 is 6.10 Å². The van der Waals surface area contributed by atoms with E-state index in [1.807, 2.05) is 0 Å². The molecule has 2 nitrogen and oxygen atoms in total. The van der Waals surface area contributed by atoms with Crippen LogP contribution in [0.15, 0.2) is 0 Å². The van der Waals surface area contributed by atoms with Gasteiger partial charge in [-0.2, -0.15) is 0 Å². The maximum absolute atomic E-state index is 11.8. The molecule has 25 heavy (non-hydrogen) atoms. The quantitative estimate of drug-likeness (QED) is 0.204. The van der Waals surface area contributed by atoms with Crippen molar-refractivity contribution < 1.29 is 9.84 Å². The van der Waals surface area contributed by atoms with Crippen molar-refractivity contribution in [2.24, 2.45) is 0 Å². The molecule has 0 N–H and O–H groups in total. The maximum atomic E-state index is 11.8. The number of hydrogen-bond donors (Lipinski definition) is 0. The Hall–Kier alpha value is -0.0800. The Labute approximate surface area is 159 Å². The highest BCUT2D eigenvalue weighted by Gasteiger charge is 2.16. The van der Waals surface area contributed by atoms with Crippen LogP contribution in [0, 0.1) is 0 Å². The van der Waals surface area contributed by atoms with E-state index in [4.69, 9.17) is 4.74 Å². The molecule has 2 unspecified atom stereocenters. The maximum Gasteiger partial charge on any atom is 0.116 e. The van der Waals surface area contributed by atoms with Crippen molar-refractivity contribution in [2.75, 3.05) is 6.61 Å². The second-order valence-electron chi connectivity index (χ2n) is 7.85. The van der Waals surface area contributed by atoms with E-state index in [1.54, 1.807) is 6.92 Å². The lowest BCUT2D eigenvalue weighted by atomic mass is 10.0. The molecule has 2 heteroatoms. The minimum atomic E-state index is -0.584. The topological polar surface area (TPSA) is 29.1 Å². The fourth-order valence-electron chi connectivity index (χ4n) is 3.40. The summed E-state index contributed by atoms with van der Waals surface area (Å²) in [6.07, 6.45) is 21.5. The number of hydrogen-bond acceptors (Lipinski definition) is 1. The van der Waals surface area contributed by atoms with E-state index in [-0.39, 0.29) is 6.10 Å². The first-order chi connectivity index (χ1) is 12.2. The number of unbranched alkanes of at least 4 members (excludes halogenated alkanes) is 14. The van der Waals surface area contributed by atoms with Gasteiger partial charge in [-0.15, -0.1) is 0 Å². The molecule has 0 heterocycles. The summed E-state index contributed by atoms with van der Waals surface area (Å²) < 4.78 is 5.88. The highest BCUT2D eigenvalue weighted by Crippen LogP contribution is 2.14. The second kappa shape index (κ2) is 20.2. The summed E-state index contributed by atoms with van der Waals surface area (Å²) in [4.78, 5) is 0. The zero-order valence-electron chi connectivity index (χ0n) is 17.7. The summed E-state index contributed by atoms with van der Waals surface area (Å²) in [5, 5.41) is 11.8. The lowest BCUT2D eigenvalue weighted by molar-refractivity contribution is -0.0636. The van der Waals surface area contributed by atoms with Gasteiger partial charge in [-0.05, 0) is 19.8 Å². The fourth-order valence-corrected chi connectivity index (χ4v) is 3.40. The van der Waals surface area contributed by atoms with Gasteiger partial charge in [0.1, 0.15) is 6.10 Å². The van der Waals surface area contributed by atoms with Crippen molar-refractivity contribution in [1.82, 2.24) is 0 Å². The number of ether oxygens (including phenoxy) is 1. The van der Waals surface area contributed by atoms with Crippen molar-refractivity contribution in [1.29, 1.82) is 0 Å². The Morgan fingerprint density at radius 3 is 1.44 bits per heavy atom. The van der Waals surface area contributed by atoms with Crippen molar-refractivity contribution in [3.8, 4) is 0 Å². The molecule has 0 saturated heterocycles. The summed E-state index contributed by atoms with van der Waals surface area (Å²) >= 11 is 0. The summed E-state index contributed by atoms with van der Waals surface area (Å²) in [6.45, 7) is 7.05. The van der Waals surface area contributed by atoms with Crippen molar-refractivity contribution in [3.63, 3.8) is 0 Å². The minimum absolute atomic E-state index is 0.0650. The van der Waals surface area contributed by atoms with Crippen molar-refractivity contribution in [3.05, 3.63) is 0 Å². The van der Waals surface area contributed by atoms with Crippen LogP contribution in [0.25, 0.3) is 0 Å². The molecule has 2 atom stereocenters. The van der Waals surface area contributed by atoms with Gasteiger partial charge in [0.25, 0.3) is 0 Å². The molecule has 0 aromatic heterocycles. The van der Waals surface area contributed by atoms with Gasteiger partial charge in [-0.1, -0.05) is 110 Å². The monoisotopic (exact) mass is 355 g/mol. The lowest BCUT2D eigenvalue weighted by Crippen LogP contribution is -2.25. The first-order valence-corrected chi connectivity index (χ1v) is 11.5. The predicted octanol–water partition coefficient (Wildman–Crippen LogP) is 7.86. The Morgan fingerprint density at radius 1 is 0.600 bits per heavy atom. The SMILES string of the molecule is CCCCCCCCCCCCCOC(CCCCCCC)C(C)[O]. The average molecular weight is 356 g/mol. The Morgan fingerprint density at radius 2 is 1.00 bits per heavy atom. The smallest absolute Gasteiger partial charge is 0.116 e. The third kappa shape index (κ3) is 18.5. The van der Waals surface area contributed by atoms with E-state index >= 15 is 0 Å². The molecule has 0 amide bonds. The third-order valence-corrected chi connectivity index (χ3v) is 5.20. The van der Waals surface area contributed by atoms with E-state index in [0.29, 0.717) is 0 Å². The second-order valence-corrected chi connectivity index (χ2v) is 7.85. The molecule has 0 aromatic carbocycles. The van der Waals surface area contributed by atoms with Crippen LogP contribution < -0.4 is 0 Å². The molecule has 0 saturated carbocycles. The van der Waals surface area contributed by atoms with Gasteiger partial charge in [0.2, 0.25) is 0 Å².